The second-order valence-electron chi connectivity index (χ2n) is 4.24. The summed E-state index contributed by atoms with van der Waals surface area (Å²) in [7, 11) is 1.69. The maximum absolute atomic E-state index is 5.38. The second-order valence-corrected chi connectivity index (χ2v) is 4.24. The lowest BCUT2D eigenvalue weighted by atomic mass is 10.3. The summed E-state index contributed by atoms with van der Waals surface area (Å²) in [5, 5.41) is 0. The van der Waals surface area contributed by atoms with Crippen molar-refractivity contribution in [3.8, 4) is 17.1 Å². The summed E-state index contributed by atoms with van der Waals surface area (Å²) in [5.74, 6) is 0.860. The maximum atomic E-state index is 5.38. The molecule has 0 bridgehead atoms. The van der Waals surface area contributed by atoms with Crippen LogP contribution in [0.2, 0.25) is 0 Å². The maximum Gasteiger partial charge on any atom is 0.254 e. The summed E-state index contributed by atoms with van der Waals surface area (Å²) in [4.78, 5) is 0. The van der Waals surface area contributed by atoms with Gasteiger partial charge in [-0.05, 0) is 24.3 Å². The predicted molar refractivity (Wildman–Crippen MR) is 73.9 cm³/mol. The molecule has 1 heterocycles. The van der Waals surface area contributed by atoms with Crippen molar-refractivity contribution in [2.45, 2.75) is 0 Å². The Morgan fingerprint density at radius 3 is 2.47 bits per heavy atom. The predicted octanol–water partition coefficient (Wildman–Crippen LogP) is 2.76. The first-order valence-electron chi connectivity index (χ1n) is 6.16. The van der Waals surface area contributed by atoms with Crippen LogP contribution in [0.25, 0.3) is 11.4 Å². The SMILES string of the molecule is COc1ccccc1-[n+]1ccn(-c2ccccc2)c1. The first kappa shape index (κ1) is 11.5. The fraction of sp³-hybridized carbons (Fsp3) is 0.0625. The van der Waals surface area contributed by atoms with E-state index in [9.17, 15) is 0 Å². The molecule has 0 aliphatic carbocycles. The van der Waals surface area contributed by atoms with E-state index in [1.165, 1.54) is 0 Å². The van der Waals surface area contributed by atoms with Crippen LogP contribution in [0.15, 0.2) is 73.3 Å². The molecule has 3 rings (SSSR count). The number of para-hydroxylation sites is 3. The Labute approximate surface area is 112 Å². The molecule has 3 nitrogen and oxygen atoms in total. The van der Waals surface area contributed by atoms with Crippen LogP contribution < -0.4 is 9.30 Å². The lowest BCUT2D eigenvalue weighted by Crippen LogP contribution is -2.28. The van der Waals surface area contributed by atoms with Crippen molar-refractivity contribution in [2.75, 3.05) is 7.11 Å². The number of rotatable bonds is 3. The number of aromatic nitrogens is 2. The lowest BCUT2D eigenvalue weighted by molar-refractivity contribution is -0.595. The Bertz CT molecular complexity index is 674. The fourth-order valence-corrected chi connectivity index (χ4v) is 2.09. The van der Waals surface area contributed by atoms with Gasteiger partial charge in [0.15, 0.2) is 11.4 Å². The summed E-state index contributed by atoms with van der Waals surface area (Å²) < 4.78 is 9.51. The molecular formula is C16H15N2O+. The molecule has 0 aliphatic heterocycles. The van der Waals surface area contributed by atoms with Gasteiger partial charge in [-0.3, -0.25) is 0 Å². The van der Waals surface area contributed by atoms with E-state index in [0.29, 0.717) is 0 Å². The van der Waals surface area contributed by atoms with Gasteiger partial charge in [-0.2, -0.15) is 4.57 Å². The summed E-state index contributed by atoms with van der Waals surface area (Å²) in [6.45, 7) is 0. The molecule has 0 unspecified atom stereocenters. The van der Waals surface area contributed by atoms with Crippen LogP contribution in [-0.2, 0) is 0 Å². The molecule has 0 radical (unpaired) electrons. The van der Waals surface area contributed by atoms with E-state index in [1.54, 1.807) is 7.11 Å². The lowest BCUT2D eigenvalue weighted by Gasteiger charge is -2.03. The van der Waals surface area contributed by atoms with Crippen LogP contribution in [0.3, 0.4) is 0 Å². The number of nitrogens with zero attached hydrogens (tertiary/aromatic N) is 2. The minimum absolute atomic E-state index is 0.860. The number of benzene rings is 2. The standard InChI is InChI=1S/C16H15N2O/c1-19-16-10-6-5-9-15(16)18-12-11-17(13-18)14-7-3-2-4-8-14/h2-13H,1H3/q+1. The van der Waals surface area contributed by atoms with Crippen LogP contribution in [0.1, 0.15) is 0 Å². The highest BCUT2D eigenvalue weighted by Gasteiger charge is 2.12. The Hall–Kier alpha value is -2.55. The van der Waals surface area contributed by atoms with E-state index in [-0.39, 0.29) is 0 Å². The average Bonchev–Trinajstić information content (AvgIpc) is 2.98. The van der Waals surface area contributed by atoms with Crippen LogP contribution in [0, 0.1) is 0 Å². The first-order chi connectivity index (χ1) is 9.38. The zero-order valence-corrected chi connectivity index (χ0v) is 10.7. The van der Waals surface area contributed by atoms with E-state index in [2.05, 4.69) is 16.7 Å². The van der Waals surface area contributed by atoms with Crippen molar-refractivity contribution in [2.24, 2.45) is 0 Å². The topological polar surface area (TPSA) is 18.0 Å². The zero-order chi connectivity index (χ0) is 13.1. The highest BCUT2D eigenvalue weighted by atomic mass is 16.5. The Morgan fingerprint density at radius 2 is 1.68 bits per heavy atom. The molecule has 19 heavy (non-hydrogen) atoms. The fourth-order valence-electron chi connectivity index (χ4n) is 2.09. The van der Waals surface area contributed by atoms with Gasteiger partial charge in [0.2, 0.25) is 0 Å². The second kappa shape index (κ2) is 4.98. The molecule has 1 aromatic heterocycles. The van der Waals surface area contributed by atoms with Gasteiger partial charge < -0.3 is 4.74 Å². The minimum Gasteiger partial charge on any atom is -0.492 e. The molecule has 0 aliphatic rings. The minimum atomic E-state index is 0.860. The van der Waals surface area contributed by atoms with E-state index < -0.39 is 0 Å². The van der Waals surface area contributed by atoms with Crippen LogP contribution in [0.4, 0.5) is 0 Å². The quantitative estimate of drug-likeness (QED) is 0.655. The molecule has 0 saturated heterocycles. The molecule has 0 spiro atoms. The van der Waals surface area contributed by atoms with Crippen molar-refractivity contribution in [1.29, 1.82) is 0 Å². The normalized spacial score (nSPS) is 10.4. The van der Waals surface area contributed by atoms with Gasteiger partial charge >= 0.3 is 0 Å². The molecule has 0 N–H and O–H groups in total. The summed E-state index contributed by atoms with van der Waals surface area (Å²) >= 11 is 0. The van der Waals surface area contributed by atoms with E-state index in [1.807, 2.05) is 65.8 Å². The van der Waals surface area contributed by atoms with Gasteiger partial charge in [-0.1, -0.05) is 30.3 Å². The number of hydrogen-bond donors (Lipinski definition) is 0. The summed E-state index contributed by atoms with van der Waals surface area (Å²) in [5.41, 5.74) is 2.16. The highest BCUT2D eigenvalue weighted by molar-refractivity contribution is 5.39. The molecule has 3 heteroatoms. The third-order valence-electron chi connectivity index (χ3n) is 3.05. The van der Waals surface area contributed by atoms with Gasteiger partial charge in [0.1, 0.15) is 18.1 Å². The van der Waals surface area contributed by atoms with Crippen molar-refractivity contribution >= 4 is 0 Å². The molecule has 2 aromatic carbocycles. The average molecular weight is 251 g/mol. The Morgan fingerprint density at radius 1 is 0.947 bits per heavy atom. The van der Waals surface area contributed by atoms with Gasteiger partial charge in [0.25, 0.3) is 6.33 Å². The summed E-state index contributed by atoms with van der Waals surface area (Å²) in [6.07, 6.45) is 6.08. The Kier molecular flexibility index (Phi) is 3.02. The number of ether oxygens (including phenoxy) is 1. The van der Waals surface area contributed by atoms with E-state index in [0.717, 1.165) is 17.1 Å². The van der Waals surface area contributed by atoms with Gasteiger partial charge in [0.05, 0.1) is 7.11 Å². The van der Waals surface area contributed by atoms with Crippen molar-refractivity contribution in [3.63, 3.8) is 0 Å². The third-order valence-corrected chi connectivity index (χ3v) is 3.05. The molecule has 3 aromatic rings. The molecular weight excluding hydrogens is 236 g/mol. The zero-order valence-electron chi connectivity index (χ0n) is 10.7. The van der Waals surface area contributed by atoms with E-state index >= 15 is 0 Å². The highest BCUT2D eigenvalue weighted by Crippen LogP contribution is 2.17. The van der Waals surface area contributed by atoms with E-state index in [4.69, 9.17) is 4.74 Å². The van der Waals surface area contributed by atoms with Crippen molar-refractivity contribution in [3.05, 3.63) is 73.3 Å². The monoisotopic (exact) mass is 251 g/mol. The Balaban J connectivity index is 2.02. The molecule has 0 atom stereocenters. The van der Waals surface area contributed by atoms with Gasteiger partial charge in [-0.15, -0.1) is 0 Å². The van der Waals surface area contributed by atoms with Crippen LogP contribution >= 0.6 is 0 Å². The largest absolute Gasteiger partial charge is 0.492 e. The molecule has 94 valence electrons. The number of imidazole rings is 1. The number of hydrogen-bond acceptors (Lipinski definition) is 1. The van der Waals surface area contributed by atoms with Crippen LogP contribution in [0.5, 0.6) is 5.75 Å². The smallest absolute Gasteiger partial charge is 0.254 e. The van der Waals surface area contributed by atoms with Crippen molar-refractivity contribution < 1.29 is 9.30 Å². The van der Waals surface area contributed by atoms with Crippen LogP contribution in [-0.4, -0.2) is 11.7 Å². The third kappa shape index (κ3) is 2.22. The molecule has 0 amide bonds. The van der Waals surface area contributed by atoms with Crippen molar-refractivity contribution in [1.82, 2.24) is 4.57 Å². The van der Waals surface area contributed by atoms with Gasteiger partial charge in [0, 0.05) is 0 Å². The van der Waals surface area contributed by atoms with Gasteiger partial charge in [-0.25, -0.2) is 4.57 Å². The molecule has 0 fully saturated rings. The number of methoxy groups -OCH3 is 1. The molecule has 0 saturated carbocycles. The first-order valence-corrected chi connectivity index (χ1v) is 6.16. The summed E-state index contributed by atoms with van der Waals surface area (Å²) in [6, 6.07) is 18.2.